The number of thiophene rings is 1. The third-order valence-corrected chi connectivity index (χ3v) is 5.37. The van der Waals surface area contributed by atoms with E-state index in [9.17, 15) is 9.59 Å². The Morgan fingerprint density at radius 1 is 1.38 bits per heavy atom. The lowest BCUT2D eigenvalue weighted by atomic mass is 10.2. The van der Waals surface area contributed by atoms with Gasteiger partial charge < -0.3 is 9.30 Å². The molecule has 1 aromatic carbocycles. The van der Waals surface area contributed by atoms with E-state index in [0.29, 0.717) is 10.4 Å². The lowest BCUT2D eigenvalue weighted by molar-refractivity contribution is -0.113. The highest BCUT2D eigenvalue weighted by Gasteiger charge is 2.11. The van der Waals surface area contributed by atoms with E-state index >= 15 is 0 Å². The number of rotatable bonds is 4. The molecule has 2 aromatic heterocycles. The highest BCUT2D eigenvalue weighted by Crippen LogP contribution is 2.20. The number of fused-ring (bicyclic) bond motifs is 1. The van der Waals surface area contributed by atoms with Crippen LogP contribution in [0.5, 0.6) is 0 Å². The summed E-state index contributed by atoms with van der Waals surface area (Å²) in [6, 6.07) is 8.99. The number of esters is 1. The molecule has 0 spiro atoms. The first kappa shape index (κ1) is 17.9. The SMILES string of the molecule is C#CCn1c(=NC(=O)C=Cc2cccs2)sc2cc(C(=O)OC)ccc21. The van der Waals surface area contributed by atoms with Gasteiger partial charge in [-0.2, -0.15) is 4.99 Å². The number of ether oxygens (including phenoxy) is 1. The van der Waals surface area contributed by atoms with E-state index in [-0.39, 0.29) is 12.5 Å². The third-order valence-electron chi connectivity index (χ3n) is 3.49. The molecule has 2 heterocycles. The number of methoxy groups -OCH3 is 1. The summed E-state index contributed by atoms with van der Waals surface area (Å²) in [6.45, 7) is 0.276. The molecule has 0 unspecified atom stereocenters. The van der Waals surface area contributed by atoms with Crippen LogP contribution in [0, 0.1) is 12.3 Å². The molecular weight excluding hydrogens is 368 g/mol. The van der Waals surface area contributed by atoms with Gasteiger partial charge >= 0.3 is 5.97 Å². The molecule has 0 fully saturated rings. The number of hydrogen-bond donors (Lipinski definition) is 0. The summed E-state index contributed by atoms with van der Waals surface area (Å²) in [6.07, 6.45) is 8.61. The van der Waals surface area contributed by atoms with Gasteiger partial charge in [-0.3, -0.25) is 4.79 Å². The van der Waals surface area contributed by atoms with Gasteiger partial charge in [-0.25, -0.2) is 4.79 Å². The molecule has 0 aliphatic carbocycles. The van der Waals surface area contributed by atoms with Crippen LogP contribution in [0.15, 0.2) is 46.8 Å². The van der Waals surface area contributed by atoms with Gasteiger partial charge in [-0.1, -0.05) is 23.3 Å². The van der Waals surface area contributed by atoms with Crippen molar-refractivity contribution in [1.82, 2.24) is 4.57 Å². The van der Waals surface area contributed by atoms with E-state index in [1.807, 2.05) is 17.5 Å². The topological polar surface area (TPSA) is 60.7 Å². The predicted molar refractivity (Wildman–Crippen MR) is 104 cm³/mol. The van der Waals surface area contributed by atoms with Crippen LogP contribution >= 0.6 is 22.7 Å². The second kappa shape index (κ2) is 7.95. The van der Waals surface area contributed by atoms with Crippen LogP contribution in [-0.2, 0) is 16.1 Å². The average Bonchev–Trinajstić information content (AvgIpc) is 3.27. The summed E-state index contributed by atoms with van der Waals surface area (Å²) in [5.74, 6) is 1.78. The van der Waals surface area contributed by atoms with Crippen LogP contribution in [0.3, 0.4) is 0 Å². The molecule has 130 valence electrons. The summed E-state index contributed by atoms with van der Waals surface area (Å²) in [4.78, 5) is 29.5. The molecule has 3 aromatic rings. The Kier molecular flexibility index (Phi) is 5.46. The van der Waals surface area contributed by atoms with Gasteiger partial charge in [0.15, 0.2) is 4.80 Å². The Bertz CT molecular complexity index is 1100. The molecule has 0 saturated heterocycles. The fourth-order valence-corrected chi connectivity index (χ4v) is 4.01. The van der Waals surface area contributed by atoms with Crippen LogP contribution in [0.1, 0.15) is 15.2 Å². The van der Waals surface area contributed by atoms with Crippen molar-refractivity contribution in [2.24, 2.45) is 4.99 Å². The first-order chi connectivity index (χ1) is 12.6. The van der Waals surface area contributed by atoms with Crippen molar-refractivity contribution in [1.29, 1.82) is 0 Å². The molecule has 26 heavy (non-hydrogen) atoms. The first-order valence-electron chi connectivity index (χ1n) is 7.58. The Hall–Kier alpha value is -2.95. The molecule has 7 heteroatoms. The predicted octanol–water partition coefficient (Wildman–Crippen LogP) is 3.32. The van der Waals surface area contributed by atoms with Gasteiger partial charge in [-0.15, -0.1) is 17.8 Å². The highest BCUT2D eigenvalue weighted by atomic mass is 32.1. The summed E-state index contributed by atoms with van der Waals surface area (Å²) >= 11 is 2.84. The summed E-state index contributed by atoms with van der Waals surface area (Å²) < 4.78 is 7.32. The lowest BCUT2D eigenvalue weighted by Gasteiger charge is -2.01. The van der Waals surface area contributed by atoms with Crippen molar-refractivity contribution in [3.8, 4) is 12.3 Å². The zero-order valence-electron chi connectivity index (χ0n) is 13.8. The van der Waals surface area contributed by atoms with E-state index in [1.54, 1.807) is 28.8 Å². The fourth-order valence-electron chi connectivity index (χ4n) is 2.32. The number of carbonyl (C=O) groups excluding carboxylic acids is 2. The molecule has 0 atom stereocenters. The van der Waals surface area contributed by atoms with Crippen molar-refractivity contribution in [3.63, 3.8) is 0 Å². The summed E-state index contributed by atoms with van der Waals surface area (Å²) in [7, 11) is 1.33. The van der Waals surface area contributed by atoms with Crippen LogP contribution in [-0.4, -0.2) is 23.6 Å². The van der Waals surface area contributed by atoms with Crippen molar-refractivity contribution in [2.75, 3.05) is 7.11 Å². The number of thiazole rings is 1. The number of nitrogens with zero attached hydrogens (tertiary/aromatic N) is 2. The second-order valence-electron chi connectivity index (χ2n) is 5.15. The van der Waals surface area contributed by atoms with Crippen LogP contribution in [0.25, 0.3) is 16.3 Å². The van der Waals surface area contributed by atoms with Gasteiger partial charge in [-0.05, 0) is 35.7 Å². The van der Waals surface area contributed by atoms with E-state index in [2.05, 4.69) is 10.9 Å². The maximum atomic E-state index is 12.2. The number of carbonyl (C=O) groups is 2. The van der Waals surface area contributed by atoms with Crippen LogP contribution in [0.4, 0.5) is 0 Å². The minimum absolute atomic E-state index is 0.276. The Morgan fingerprint density at radius 2 is 2.23 bits per heavy atom. The minimum Gasteiger partial charge on any atom is -0.465 e. The maximum absolute atomic E-state index is 12.2. The monoisotopic (exact) mass is 382 g/mol. The van der Waals surface area contributed by atoms with E-state index in [0.717, 1.165) is 15.1 Å². The number of amides is 1. The van der Waals surface area contributed by atoms with Gasteiger partial charge in [0.1, 0.15) is 0 Å². The quantitative estimate of drug-likeness (QED) is 0.395. The van der Waals surface area contributed by atoms with Crippen molar-refractivity contribution >= 4 is 50.8 Å². The molecular formula is C19H14N2O3S2. The van der Waals surface area contributed by atoms with E-state index in [1.165, 1.54) is 35.9 Å². The number of benzene rings is 1. The van der Waals surface area contributed by atoms with Crippen molar-refractivity contribution < 1.29 is 14.3 Å². The molecule has 0 N–H and O–H groups in total. The van der Waals surface area contributed by atoms with Crippen LogP contribution in [0.2, 0.25) is 0 Å². The summed E-state index contributed by atoms with van der Waals surface area (Å²) in [5.41, 5.74) is 1.25. The molecule has 1 amide bonds. The third kappa shape index (κ3) is 3.82. The van der Waals surface area contributed by atoms with Crippen molar-refractivity contribution in [3.05, 3.63) is 57.0 Å². The zero-order valence-corrected chi connectivity index (χ0v) is 15.5. The summed E-state index contributed by atoms with van der Waals surface area (Å²) in [5, 5.41) is 1.94. The Labute approximate surface area is 157 Å². The molecule has 0 radical (unpaired) electrons. The molecule has 3 rings (SSSR count). The van der Waals surface area contributed by atoms with Gasteiger partial charge in [0.2, 0.25) is 0 Å². The van der Waals surface area contributed by atoms with Gasteiger partial charge in [0, 0.05) is 11.0 Å². The molecule has 0 aliphatic heterocycles. The molecule has 0 bridgehead atoms. The normalized spacial score (nSPS) is 11.8. The van der Waals surface area contributed by atoms with E-state index < -0.39 is 5.97 Å². The number of terminal acetylenes is 1. The Morgan fingerprint density at radius 3 is 2.92 bits per heavy atom. The standard InChI is InChI=1S/C19H14N2O3S2/c1-3-10-21-15-8-6-13(18(23)24-2)12-16(15)26-19(21)20-17(22)9-7-14-5-4-11-25-14/h1,4-9,11-12H,10H2,2H3. The molecule has 5 nitrogen and oxygen atoms in total. The number of aromatic nitrogens is 1. The first-order valence-corrected chi connectivity index (χ1v) is 9.27. The molecule has 0 saturated carbocycles. The smallest absolute Gasteiger partial charge is 0.337 e. The lowest BCUT2D eigenvalue weighted by Crippen LogP contribution is -2.15. The molecule has 0 aliphatic rings. The van der Waals surface area contributed by atoms with Gasteiger partial charge in [0.25, 0.3) is 5.91 Å². The second-order valence-corrected chi connectivity index (χ2v) is 7.14. The minimum atomic E-state index is -0.419. The average molecular weight is 382 g/mol. The van der Waals surface area contributed by atoms with E-state index in [4.69, 9.17) is 11.2 Å². The zero-order chi connectivity index (χ0) is 18.5. The maximum Gasteiger partial charge on any atom is 0.337 e. The highest BCUT2D eigenvalue weighted by molar-refractivity contribution is 7.16. The Balaban J connectivity index is 2.03. The van der Waals surface area contributed by atoms with Gasteiger partial charge in [0.05, 0.1) is 29.4 Å². The van der Waals surface area contributed by atoms with Crippen LogP contribution < -0.4 is 4.80 Å². The fraction of sp³-hybridized carbons (Fsp3) is 0.105. The largest absolute Gasteiger partial charge is 0.465 e. The van der Waals surface area contributed by atoms with Crippen molar-refractivity contribution in [2.45, 2.75) is 6.54 Å². The number of hydrogen-bond acceptors (Lipinski definition) is 5.